The maximum absolute atomic E-state index is 10.6. The minimum atomic E-state index is -0.463. The molecule has 0 spiro atoms. The molecule has 0 unspecified atom stereocenters. The predicted molar refractivity (Wildman–Crippen MR) is 76.5 cm³/mol. The van der Waals surface area contributed by atoms with Crippen molar-refractivity contribution in [3.63, 3.8) is 0 Å². The van der Waals surface area contributed by atoms with Crippen molar-refractivity contribution in [1.29, 1.82) is 0 Å². The average Bonchev–Trinajstić information content (AvgIpc) is 2.42. The van der Waals surface area contributed by atoms with Crippen molar-refractivity contribution in [2.45, 2.75) is 23.6 Å². The second kappa shape index (κ2) is 5.42. The standard InChI is InChI=1S/C14H13NO4S/c1-8-7-12(16)9(2)14(13(8)17)20-11-5-3-10(4-6-11)15(18)19/h3-7,16-17H,1-2H3. The summed E-state index contributed by atoms with van der Waals surface area (Å²) >= 11 is 1.26. The molecule has 2 N–H and O–H groups in total. The van der Waals surface area contributed by atoms with Crippen molar-refractivity contribution in [2.24, 2.45) is 0 Å². The van der Waals surface area contributed by atoms with Crippen LogP contribution in [-0.4, -0.2) is 15.1 Å². The van der Waals surface area contributed by atoms with Crippen LogP contribution in [0.3, 0.4) is 0 Å². The van der Waals surface area contributed by atoms with E-state index in [0.717, 1.165) is 4.90 Å². The van der Waals surface area contributed by atoms with E-state index >= 15 is 0 Å². The van der Waals surface area contributed by atoms with Gasteiger partial charge in [0, 0.05) is 22.6 Å². The third-order valence-corrected chi connectivity index (χ3v) is 4.15. The lowest BCUT2D eigenvalue weighted by molar-refractivity contribution is -0.384. The van der Waals surface area contributed by atoms with Gasteiger partial charge in [-0.2, -0.15) is 0 Å². The van der Waals surface area contributed by atoms with Crippen LogP contribution in [0, 0.1) is 24.0 Å². The number of phenols is 2. The van der Waals surface area contributed by atoms with Crippen LogP contribution in [0.1, 0.15) is 11.1 Å². The first kappa shape index (κ1) is 14.2. The van der Waals surface area contributed by atoms with Gasteiger partial charge in [-0.05, 0) is 37.6 Å². The van der Waals surface area contributed by atoms with Crippen LogP contribution in [-0.2, 0) is 0 Å². The summed E-state index contributed by atoms with van der Waals surface area (Å²) in [7, 11) is 0. The molecule has 0 fully saturated rings. The van der Waals surface area contributed by atoms with Gasteiger partial charge in [0.05, 0.1) is 9.82 Å². The molecule has 2 aromatic rings. The SMILES string of the molecule is Cc1cc(O)c(C)c(Sc2ccc([N+](=O)[O-])cc2)c1O. The fraction of sp³-hybridized carbons (Fsp3) is 0.143. The number of non-ortho nitro benzene ring substituents is 1. The molecule has 6 heteroatoms. The largest absolute Gasteiger partial charge is 0.508 e. The van der Waals surface area contributed by atoms with Crippen molar-refractivity contribution >= 4 is 17.4 Å². The molecule has 0 amide bonds. The van der Waals surface area contributed by atoms with E-state index in [1.165, 1.54) is 30.0 Å². The number of phenolic OH excluding ortho intramolecular Hbond substituents is 2. The second-order valence-corrected chi connectivity index (χ2v) is 5.45. The van der Waals surface area contributed by atoms with Gasteiger partial charge in [-0.15, -0.1) is 0 Å². The van der Waals surface area contributed by atoms with Crippen molar-refractivity contribution < 1.29 is 15.1 Å². The molecule has 0 aromatic heterocycles. The molecule has 0 aliphatic carbocycles. The fourth-order valence-corrected chi connectivity index (χ4v) is 2.76. The highest BCUT2D eigenvalue weighted by Crippen LogP contribution is 2.42. The van der Waals surface area contributed by atoms with Gasteiger partial charge in [-0.3, -0.25) is 10.1 Å². The number of benzene rings is 2. The molecule has 20 heavy (non-hydrogen) atoms. The van der Waals surface area contributed by atoms with Crippen LogP contribution in [0.2, 0.25) is 0 Å². The Morgan fingerprint density at radius 2 is 1.75 bits per heavy atom. The number of hydrogen-bond acceptors (Lipinski definition) is 5. The van der Waals surface area contributed by atoms with E-state index < -0.39 is 4.92 Å². The van der Waals surface area contributed by atoms with E-state index in [4.69, 9.17) is 0 Å². The van der Waals surface area contributed by atoms with Crippen LogP contribution < -0.4 is 0 Å². The molecule has 2 aromatic carbocycles. The molecule has 0 bridgehead atoms. The Morgan fingerprint density at radius 1 is 1.15 bits per heavy atom. The molecule has 2 rings (SSSR count). The Hall–Kier alpha value is -2.21. The van der Waals surface area contributed by atoms with Crippen molar-refractivity contribution in [3.05, 3.63) is 51.6 Å². The third-order valence-electron chi connectivity index (χ3n) is 2.93. The lowest BCUT2D eigenvalue weighted by atomic mass is 10.1. The molecular weight excluding hydrogens is 278 g/mol. The molecule has 104 valence electrons. The topological polar surface area (TPSA) is 83.6 Å². The molecule has 0 saturated carbocycles. The number of nitro groups is 1. The first-order chi connectivity index (χ1) is 9.40. The van der Waals surface area contributed by atoms with Crippen LogP contribution in [0.25, 0.3) is 0 Å². The normalized spacial score (nSPS) is 10.5. The van der Waals surface area contributed by atoms with Crippen LogP contribution in [0.15, 0.2) is 40.1 Å². The summed E-state index contributed by atoms with van der Waals surface area (Å²) in [6.07, 6.45) is 0. The van der Waals surface area contributed by atoms with Gasteiger partial charge in [0.15, 0.2) is 0 Å². The summed E-state index contributed by atoms with van der Waals surface area (Å²) in [5, 5.41) is 30.4. The second-order valence-electron chi connectivity index (χ2n) is 4.37. The summed E-state index contributed by atoms with van der Waals surface area (Å²) in [6.45, 7) is 3.41. The summed E-state index contributed by atoms with van der Waals surface area (Å²) in [4.78, 5) is 11.4. The molecule has 5 nitrogen and oxygen atoms in total. The predicted octanol–water partition coefficient (Wildman–Crippen LogP) is 3.77. The van der Waals surface area contributed by atoms with Crippen molar-refractivity contribution in [1.82, 2.24) is 0 Å². The Bertz CT molecular complexity index is 642. The fourth-order valence-electron chi connectivity index (χ4n) is 1.73. The highest BCUT2D eigenvalue weighted by atomic mass is 32.2. The molecule has 0 aliphatic rings. The van der Waals surface area contributed by atoms with E-state index in [0.29, 0.717) is 16.0 Å². The maximum atomic E-state index is 10.6. The van der Waals surface area contributed by atoms with E-state index in [1.807, 2.05) is 0 Å². The number of nitro benzene ring substituents is 1. The van der Waals surface area contributed by atoms with Gasteiger partial charge in [-0.25, -0.2) is 0 Å². The summed E-state index contributed by atoms with van der Waals surface area (Å²) in [5.74, 6) is 0.230. The van der Waals surface area contributed by atoms with Crippen LogP contribution in [0.5, 0.6) is 11.5 Å². The minimum Gasteiger partial charge on any atom is -0.508 e. The summed E-state index contributed by atoms with van der Waals surface area (Å²) in [5.41, 5.74) is 1.18. The monoisotopic (exact) mass is 291 g/mol. The zero-order valence-electron chi connectivity index (χ0n) is 11.0. The van der Waals surface area contributed by atoms with Gasteiger partial charge in [0.1, 0.15) is 11.5 Å². The van der Waals surface area contributed by atoms with Gasteiger partial charge in [-0.1, -0.05) is 11.8 Å². The molecule has 0 atom stereocenters. The highest BCUT2D eigenvalue weighted by molar-refractivity contribution is 7.99. The van der Waals surface area contributed by atoms with Gasteiger partial charge in [0.2, 0.25) is 0 Å². The zero-order valence-corrected chi connectivity index (χ0v) is 11.8. The molecule has 0 aliphatic heterocycles. The van der Waals surface area contributed by atoms with Gasteiger partial charge in [0.25, 0.3) is 5.69 Å². The Labute approximate surface area is 120 Å². The highest BCUT2D eigenvalue weighted by Gasteiger charge is 2.14. The minimum absolute atomic E-state index is 0.0161. The molecule has 0 heterocycles. The van der Waals surface area contributed by atoms with Crippen molar-refractivity contribution in [3.8, 4) is 11.5 Å². The number of aryl methyl sites for hydroxylation is 1. The Morgan fingerprint density at radius 3 is 2.30 bits per heavy atom. The van der Waals surface area contributed by atoms with Gasteiger partial charge < -0.3 is 10.2 Å². The number of hydrogen-bond donors (Lipinski definition) is 2. The molecule has 0 saturated heterocycles. The smallest absolute Gasteiger partial charge is 0.269 e. The van der Waals surface area contributed by atoms with E-state index in [9.17, 15) is 20.3 Å². The summed E-state index contributed by atoms with van der Waals surface area (Å²) < 4.78 is 0. The van der Waals surface area contributed by atoms with Gasteiger partial charge >= 0.3 is 0 Å². The first-order valence-corrected chi connectivity index (χ1v) is 6.66. The lowest BCUT2D eigenvalue weighted by Gasteiger charge is -2.12. The zero-order chi connectivity index (χ0) is 14.9. The quantitative estimate of drug-likeness (QED) is 0.511. The molecule has 0 radical (unpaired) electrons. The van der Waals surface area contributed by atoms with E-state index in [-0.39, 0.29) is 17.2 Å². The van der Waals surface area contributed by atoms with Crippen LogP contribution in [0.4, 0.5) is 5.69 Å². The third kappa shape index (κ3) is 2.70. The number of rotatable bonds is 3. The lowest BCUT2D eigenvalue weighted by Crippen LogP contribution is -1.88. The first-order valence-electron chi connectivity index (χ1n) is 5.84. The Balaban J connectivity index is 2.37. The maximum Gasteiger partial charge on any atom is 0.269 e. The van der Waals surface area contributed by atoms with Crippen LogP contribution >= 0.6 is 11.8 Å². The van der Waals surface area contributed by atoms with E-state index in [1.54, 1.807) is 26.0 Å². The van der Waals surface area contributed by atoms with Crippen molar-refractivity contribution in [2.75, 3.05) is 0 Å². The number of aromatic hydroxyl groups is 2. The summed E-state index contributed by atoms with van der Waals surface area (Å²) in [6, 6.07) is 7.54. The van der Waals surface area contributed by atoms with E-state index in [2.05, 4.69) is 0 Å². The average molecular weight is 291 g/mol. The Kier molecular flexibility index (Phi) is 3.85. The number of nitrogens with zero attached hydrogens (tertiary/aromatic N) is 1. The molecular formula is C14H13NO4S.